The van der Waals surface area contributed by atoms with Gasteiger partial charge >= 0.3 is 18.0 Å². The lowest BCUT2D eigenvalue weighted by atomic mass is 10.0. The predicted molar refractivity (Wildman–Crippen MR) is 112 cm³/mol. The highest BCUT2D eigenvalue weighted by molar-refractivity contribution is 5.85. The van der Waals surface area contributed by atoms with Crippen molar-refractivity contribution in [1.82, 2.24) is 10.3 Å². The van der Waals surface area contributed by atoms with Gasteiger partial charge in [0.25, 0.3) is 0 Å². The molecule has 0 aliphatic carbocycles. The molecular weight excluding hydrogens is 404 g/mol. The first kappa shape index (κ1) is 23.9. The summed E-state index contributed by atoms with van der Waals surface area (Å²) in [6.45, 7) is 10.4. The zero-order chi connectivity index (χ0) is 23.4. The van der Waals surface area contributed by atoms with E-state index in [0.717, 1.165) is 11.8 Å². The largest absolute Gasteiger partial charge is 0.476 e. The number of nitrogens with one attached hydrogen (secondary N) is 1. The summed E-state index contributed by atoms with van der Waals surface area (Å²) in [5.74, 6) is -1.60. The van der Waals surface area contributed by atoms with Crippen molar-refractivity contribution >= 4 is 18.0 Å². The number of carboxylic acids is 1. The number of alkyl carbamates (subject to hydrolysis) is 1. The lowest BCUT2D eigenvalue weighted by Crippen LogP contribution is -2.47. The minimum absolute atomic E-state index is 0.166. The van der Waals surface area contributed by atoms with Crippen LogP contribution in [0.25, 0.3) is 11.5 Å². The number of ether oxygens (including phenoxy) is 2. The van der Waals surface area contributed by atoms with Crippen LogP contribution in [-0.2, 0) is 20.7 Å². The summed E-state index contributed by atoms with van der Waals surface area (Å²) in [5.41, 5.74) is -0.312. The highest BCUT2D eigenvalue weighted by atomic mass is 16.6. The number of aromatic nitrogens is 1. The van der Waals surface area contributed by atoms with Gasteiger partial charge in [0.2, 0.25) is 5.89 Å². The normalized spacial score (nSPS) is 12.7. The Hall–Kier alpha value is -3.36. The third kappa shape index (κ3) is 7.76. The molecule has 168 valence electrons. The van der Waals surface area contributed by atoms with Gasteiger partial charge in [0.15, 0.2) is 5.69 Å². The molecule has 0 aliphatic rings. The first-order valence-electron chi connectivity index (χ1n) is 9.74. The average molecular weight is 432 g/mol. The maximum absolute atomic E-state index is 12.6. The molecule has 0 spiro atoms. The van der Waals surface area contributed by atoms with E-state index in [2.05, 4.69) is 10.3 Å². The molecule has 1 heterocycles. The maximum Gasteiger partial charge on any atom is 0.408 e. The van der Waals surface area contributed by atoms with E-state index in [-0.39, 0.29) is 18.0 Å². The second-order valence-corrected chi connectivity index (χ2v) is 8.98. The Morgan fingerprint density at radius 1 is 1.03 bits per heavy atom. The Kier molecular flexibility index (Phi) is 7.09. The van der Waals surface area contributed by atoms with E-state index in [1.54, 1.807) is 65.8 Å². The minimum atomic E-state index is -1.18. The fourth-order valence-corrected chi connectivity index (χ4v) is 2.54. The van der Waals surface area contributed by atoms with Gasteiger partial charge in [0, 0.05) is 12.0 Å². The van der Waals surface area contributed by atoms with Crippen molar-refractivity contribution in [3.8, 4) is 11.5 Å². The number of benzene rings is 1. The SMILES string of the molecule is CC(C)(C)OC(=O)NC(Cc1ccc(-c2nc(C(=O)O)co2)cc1)C(=O)OC(C)(C)C. The van der Waals surface area contributed by atoms with Crippen LogP contribution in [0.4, 0.5) is 4.79 Å². The number of aromatic carboxylic acids is 1. The fraction of sp³-hybridized carbons (Fsp3) is 0.455. The van der Waals surface area contributed by atoms with Gasteiger partial charge in [-0.15, -0.1) is 0 Å². The number of carbonyl (C=O) groups excluding carboxylic acids is 2. The molecular formula is C22H28N2O7. The minimum Gasteiger partial charge on any atom is -0.476 e. The number of hydrogen-bond acceptors (Lipinski definition) is 7. The van der Waals surface area contributed by atoms with Crippen LogP contribution in [0.5, 0.6) is 0 Å². The van der Waals surface area contributed by atoms with Crippen molar-refractivity contribution in [3.05, 3.63) is 41.8 Å². The monoisotopic (exact) mass is 432 g/mol. The summed E-state index contributed by atoms with van der Waals surface area (Å²) in [4.78, 5) is 39.7. The molecule has 0 saturated carbocycles. The second kappa shape index (κ2) is 9.20. The molecule has 0 aliphatic heterocycles. The highest BCUT2D eigenvalue weighted by Gasteiger charge is 2.29. The van der Waals surface area contributed by atoms with Crippen molar-refractivity contribution in [2.75, 3.05) is 0 Å². The smallest absolute Gasteiger partial charge is 0.408 e. The number of hydrogen-bond donors (Lipinski definition) is 2. The van der Waals surface area contributed by atoms with Crippen molar-refractivity contribution in [3.63, 3.8) is 0 Å². The van der Waals surface area contributed by atoms with Crippen molar-refractivity contribution in [2.24, 2.45) is 0 Å². The molecule has 1 aromatic carbocycles. The fourth-order valence-electron chi connectivity index (χ4n) is 2.54. The zero-order valence-electron chi connectivity index (χ0n) is 18.5. The first-order chi connectivity index (χ1) is 14.2. The van der Waals surface area contributed by atoms with Gasteiger partial charge in [-0.05, 0) is 59.2 Å². The summed E-state index contributed by atoms with van der Waals surface area (Å²) in [7, 11) is 0. The van der Waals surface area contributed by atoms with Crippen LogP contribution in [0.1, 0.15) is 57.6 Å². The number of carboxylic acid groups (broad SMARTS) is 1. The molecule has 9 nitrogen and oxygen atoms in total. The first-order valence-corrected chi connectivity index (χ1v) is 9.74. The highest BCUT2D eigenvalue weighted by Crippen LogP contribution is 2.20. The van der Waals surface area contributed by atoms with E-state index in [1.165, 1.54) is 0 Å². The summed E-state index contributed by atoms with van der Waals surface area (Å²) in [6.07, 6.45) is 0.510. The molecule has 0 bridgehead atoms. The average Bonchev–Trinajstić information content (AvgIpc) is 3.09. The third-order valence-corrected chi connectivity index (χ3v) is 3.75. The van der Waals surface area contributed by atoms with Crippen LogP contribution in [-0.4, -0.2) is 45.4 Å². The van der Waals surface area contributed by atoms with Gasteiger partial charge in [0.1, 0.15) is 23.5 Å². The molecule has 0 radical (unpaired) electrons. The summed E-state index contributed by atoms with van der Waals surface area (Å²) in [5, 5.41) is 11.5. The van der Waals surface area contributed by atoms with E-state index in [1.807, 2.05) is 0 Å². The van der Waals surface area contributed by atoms with Gasteiger partial charge in [-0.25, -0.2) is 19.4 Å². The molecule has 1 aromatic heterocycles. The van der Waals surface area contributed by atoms with Crippen molar-refractivity contribution in [2.45, 2.75) is 65.2 Å². The molecule has 1 amide bonds. The molecule has 31 heavy (non-hydrogen) atoms. The van der Waals surface area contributed by atoms with Crippen molar-refractivity contribution in [1.29, 1.82) is 0 Å². The molecule has 2 N–H and O–H groups in total. The van der Waals surface area contributed by atoms with Crippen LogP contribution in [0.2, 0.25) is 0 Å². The Balaban J connectivity index is 2.17. The predicted octanol–water partition coefficient (Wildman–Crippen LogP) is 3.82. The van der Waals surface area contributed by atoms with Crippen LogP contribution >= 0.6 is 0 Å². The number of oxazole rings is 1. The van der Waals surface area contributed by atoms with Crippen LogP contribution in [0.15, 0.2) is 34.9 Å². The Morgan fingerprint density at radius 3 is 2.10 bits per heavy atom. The quantitative estimate of drug-likeness (QED) is 0.660. The van der Waals surface area contributed by atoms with Gasteiger partial charge in [-0.2, -0.15) is 0 Å². The van der Waals surface area contributed by atoms with Crippen LogP contribution < -0.4 is 5.32 Å². The molecule has 0 saturated heterocycles. The Labute approximate surface area is 180 Å². The molecule has 1 unspecified atom stereocenters. The number of esters is 1. The zero-order valence-corrected chi connectivity index (χ0v) is 18.5. The summed E-state index contributed by atoms with van der Waals surface area (Å²) in [6, 6.07) is 5.88. The van der Waals surface area contributed by atoms with Gasteiger partial charge in [0.05, 0.1) is 0 Å². The van der Waals surface area contributed by atoms with Crippen molar-refractivity contribution < 1.29 is 33.4 Å². The van der Waals surface area contributed by atoms with Crippen LogP contribution in [0, 0.1) is 0 Å². The standard InChI is InChI=1S/C22H28N2O7/c1-21(2,3)30-19(27)15(24-20(28)31-22(4,5)6)11-13-7-9-14(10-8-13)17-23-16(12-29-17)18(25)26/h7-10,12,15H,11H2,1-6H3,(H,24,28)(H,25,26). The Morgan fingerprint density at radius 2 is 1.61 bits per heavy atom. The van der Waals surface area contributed by atoms with E-state index >= 15 is 0 Å². The van der Waals surface area contributed by atoms with Gasteiger partial charge in [-0.3, -0.25) is 0 Å². The van der Waals surface area contributed by atoms with E-state index in [9.17, 15) is 14.4 Å². The topological polar surface area (TPSA) is 128 Å². The maximum atomic E-state index is 12.6. The van der Waals surface area contributed by atoms with Gasteiger partial charge in [-0.1, -0.05) is 12.1 Å². The lowest BCUT2D eigenvalue weighted by Gasteiger charge is -2.26. The van der Waals surface area contributed by atoms with Crippen LogP contribution in [0.3, 0.4) is 0 Å². The summed E-state index contributed by atoms with van der Waals surface area (Å²) < 4.78 is 15.9. The molecule has 2 aromatic rings. The molecule has 2 rings (SSSR count). The van der Waals surface area contributed by atoms with Gasteiger partial charge < -0.3 is 24.3 Å². The lowest BCUT2D eigenvalue weighted by molar-refractivity contribution is -0.157. The number of nitrogens with zero attached hydrogens (tertiary/aromatic N) is 1. The Bertz CT molecular complexity index is 934. The summed E-state index contributed by atoms with van der Waals surface area (Å²) >= 11 is 0. The molecule has 0 fully saturated rings. The van der Waals surface area contributed by atoms with E-state index in [0.29, 0.717) is 5.56 Å². The van der Waals surface area contributed by atoms with E-state index < -0.39 is 35.3 Å². The third-order valence-electron chi connectivity index (χ3n) is 3.75. The number of carbonyl (C=O) groups is 3. The molecule has 1 atom stereocenters. The second-order valence-electron chi connectivity index (χ2n) is 8.98. The van der Waals surface area contributed by atoms with E-state index in [4.69, 9.17) is 19.0 Å². The number of amides is 1. The molecule has 9 heteroatoms. The number of rotatable bonds is 6.